The van der Waals surface area contributed by atoms with Crippen LogP contribution >= 0.6 is 0 Å². The molecule has 43 heavy (non-hydrogen) atoms. The first-order valence-corrected chi connectivity index (χ1v) is 15.0. The monoisotopic (exact) mass is 587 g/mol. The second-order valence-corrected chi connectivity index (χ2v) is 11.7. The maximum absolute atomic E-state index is 13.8. The molecule has 11 heteroatoms. The number of urea groups is 1. The van der Waals surface area contributed by atoms with E-state index in [4.69, 9.17) is 5.73 Å². The number of hydrogen-bond acceptors (Lipinski definition) is 5. The molecule has 0 radical (unpaired) electrons. The minimum atomic E-state index is -1.00. The molecule has 5 rings (SSSR count). The average Bonchev–Trinajstić information content (AvgIpc) is 3.43. The van der Waals surface area contributed by atoms with Crippen LogP contribution in [-0.2, 0) is 16.0 Å². The first kappa shape index (κ1) is 29.9. The van der Waals surface area contributed by atoms with Gasteiger partial charge in [0.25, 0.3) is 5.91 Å². The van der Waals surface area contributed by atoms with Crippen LogP contribution < -0.4 is 21.3 Å². The van der Waals surface area contributed by atoms with Gasteiger partial charge in [-0.1, -0.05) is 37.5 Å². The van der Waals surface area contributed by atoms with E-state index in [0.717, 1.165) is 54.3 Å². The molecular formula is C32H41N7O4. The van der Waals surface area contributed by atoms with Crippen LogP contribution in [0.1, 0.15) is 48.0 Å². The topological polar surface area (TPSA) is 144 Å². The number of benzene rings is 2. The molecule has 0 unspecified atom stereocenters. The Kier molecular flexibility index (Phi) is 9.18. The van der Waals surface area contributed by atoms with Gasteiger partial charge in [-0.15, -0.1) is 0 Å². The lowest BCUT2D eigenvalue weighted by molar-refractivity contribution is -0.131. The summed E-state index contributed by atoms with van der Waals surface area (Å²) in [5.41, 5.74) is 8.97. The zero-order chi connectivity index (χ0) is 30.5. The highest BCUT2D eigenvalue weighted by Crippen LogP contribution is 2.22. The minimum Gasteiger partial charge on any atom is -0.378 e. The van der Waals surface area contributed by atoms with E-state index in [9.17, 15) is 19.2 Å². The highest BCUT2D eigenvalue weighted by Gasteiger charge is 2.39. The summed E-state index contributed by atoms with van der Waals surface area (Å²) >= 11 is 0. The van der Waals surface area contributed by atoms with E-state index in [2.05, 4.69) is 15.6 Å². The molecule has 228 valence electrons. The fourth-order valence-electron chi connectivity index (χ4n) is 6.04. The predicted octanol–water partition coefficient (Wildman–Crippen LogP) is 2.62. The Morgan fingerprint density at radius 3 is 2.42 bits per heavy atom. The van der Waals surface area contributed by atoms with E-state index in [1.165, 1.54) is 4.90 Å². The molecule has 1 saturated heterocycles. The lowest BCUT2D eigenvalue weighted by Crippen LogP contribution is -2.65. The maximum Gasteiger partial charge on any atom is 0.318 e. The third-order valence-electron chi connectivity index (χ3n) is 8.55. The molecule has 2 atom stereocenters. The molecular weight excluding hydrogens is 546 g/mol. The van der Waals surface area contributed by atoms with Gasteiger partial charge in [0.1, 0.15) is 12.1 Å². The second kappa shape index (κ2) is 13.2. The quantitative estimate of drug-likeness (QED) is 0.320. The number of aromatic amines is 1. The lowest BCUT2D eigenvalue weighted by Gasteiger charge is -2.41. The molecule has 3 aromatic rings. The van der Waals surface area contributed by atoms with E-state index in [1.54, 1.807) is 23.2 Å². The van der Waals surface area contributed by atoms with Crippen molar-refractivity contribution in [2.24, 2.45) is 5.73 Å². The Morgan fingerprint density at radius 2 is 1.72 bits per heavy atom. The van der Waals surface area contributed by atoms with Crippen molar-refractivity contribution in [3.63, 3.8) is 0 Å². The second-order valence-electron chi connectivity index (χ2n) is 11.7. The highest BCUT2D eigenvalue weighted by atomic mass is 16.2. The Bertz CT molecular complexity index is 1460. The van der Waals surface area contributed by atoms with E-state index < -0.39 is 23.9 Å². The number of carbonyl (C=O) groups is 4. The molecule has 2 aromatic carbocycles. The number of nitrogens with zero attached hydrogens (tertiary/aromatic N) is 3. The van der Waals surface area contributed by atoms with Crippen LogP contribution in [0.3, 0.4) is 0 Å². The van der Waals surface area contributed by atoms with Gasteiger partial charge in [0.2, 0.25) is 11.8 Å². The van der Waals surface area contributed by atoms with Crippen molar-refractivity contribution in [3.05, 3.63) is 65.9 Å². The molecule has 0 spiro atoms. The molecule has 1 saturated carbocycles. The fraction of sp³-hybridized carbons (Fsp3) is 0.438. The molecule has 1 aliphatic heterocycles. The van der Waals surface area contributed by atoms with Crippen LogP contribution in [-0.4, -0.2) is 90.4 Å². The predicted molar refractivity (Wildman–Crippen MR) is 166 cm³/mol. The largest absolute Gasteiger partial charge is 0.378 e. The smallest absolute Gasteiger partial charge is 0.318 e. The number of rotatable bonds is 8. The number of nitrogens with one attached hydrogen (secondary N) is 3. The Balaban J connectivity index is 1.35. The normalized spacial score (nSPS) is 18.2. The summed E-state index contributed by atoms with van der Waals surface area (Å²) in [5, 5.41) is 6.84. The van der Waals surface area contributed by atoms with Gasteiger partial charge in [-0.2, -0.15) is 0 Å². The zero-order valence-corrected chi connectivity index (χ0v) is 24.8. The Hall–Kier alpha value is -4.54. The average molecular weight is 588 g/mol. The number of hydrogen-bond donors (Lipinski definition) is 4. The number of primary amides is 1. The van der Waals surface area contributed by atoms with Crippen molar-refractivity contribution in [2.45, 2.75) is 56.7 Å². The summed E-state index contributed by atoms with van der Waals surface area (Å²) in [6.07, 6.45) is 7.05. The van der Waals surface area contributed by atoms with Gasteiger partial charge in [0, 0.05) is 68.0 Å². The van der Waals surface area contributed by atoms with Gasteiger partial charge in [0.05, 0.1) is 6.54 Å². The van der Waals surface area contributed by atoms with Crippen molar-refractivity contribution in [3.8, 4) is 0 Å². The molecule has 2 heterocycles. The van der Waals surface area contributed by atoms with Gasteiger partial charge in [-0.25, -0.2) is 4.79 Å². The Morgan fingerprint density at radius 1 is 1.00 bits per heavy atom. The van der Waals surface area contributed by atoms with Gasteiger partial charge >= 0.3 is 6.03 Å². The van der Waals surface area contributed by atoms with Crippen LogP contribution in [0.25, 0.3) is 10.9 Å². The van der Waals surface area contributed by atoms with Gasteiger partial charge in [-0.05, 0) is 48.7 Å². The van der Waals surface area contributed by atoms with E-state index in [-0.39, 0.29) is 44.0 Å². The molecule has 1 aromatic heterocycles. The standard InChI is InChI=1S/C32H41N7O4/c1-37(2)24-14-12-21(13-15-24)31(42)38-16-17-39(32(43)35-23-8-4-3-5-9-23)28(20-38)30(41)36-27(29(33)40)18-22-19-34-26-11-7-6-10-25(22)26/h6-7,10-15,19,23,27-28,34H,3-5,8-9,16-18,20H2,1-2H3,(H2,33,40)(H,35,43)(H,36,41)/t27-,28+/m1/s1. The third kappa shape index (κ3) is 6.93. The van der Waals surface area contributed by atoms with Crippen LogP contribution in [0.4, 0.5) is 10.5 Å². The first-order valence-electron chi connectivity index (χ1n) is 15.0. The molecule has 2 aliphatic rings. The number of nitrogens with two attached hydrogens (primary N) is 1. The number of para-hydroxylation sites is 1. The molecule has 1 aliphatic carbocycles. The molecule has 11 nitrogen and oxygen atoms in total. The number of anilines is 1. The molecule has 5 amide bonds. The maximum atomic E-state index is 13.8. The van der Waals surface area contributed by atoms with Gasteiger partial charge in [0.15, 0.2) is 0 Å². The summed E-state index contributed by atoms with van der Waals surface area (Å²) in [6.45, 7) is 0.462. The number of aromatic nitrogens is 1. The van der Waals surface area contributed by atoms with Crippen LogP contribution in [0.5, 0.6) is 0 Å². The summed E-state index contributed by atoms with van der Waals surface area (Å²) in [4.78, 5) is 61.6. The summed E-state index contributed by atoms with van der Waals surface area (Å²) in [7, 11) is 3.85. The van der Waals surface area contributed by atoms with E-state index in [0.29, 0.717) is 5.56 Å². The van der Waals surface area contributed by atoms with Crippen LogP contribution in [0.2, 0.25) is 0 Å². The summed E-state index contributed by atoms with van der Waals surface area (Å²) in [5.74, 6) is -1.43. The number of piperazine rings is 1. The Labute approximate surface area is 251 Å². The third-order valence-corrected chi connectivity index (χ3v) is 8.55. The first-order chi connectivity index (χ1) is 20.7. The SMILES string of the molecule is CN(C)c1ccc(C(=O)N2CCN(C(=O)NC3CCCCC3)[C@H](C(=O)N[C@H](Cc3c[nH]c4ccccc34)C(N)=O)C2)cc1. The molecule has 5 N–H and O–H groups in total. The fourth-order valence-corrected chi connectivity index (χ4v) is 6.04. The minimum absolute atomic E-state index is 0.00322. The van der Waals surface area contributed by atoms with Crippen molar-refractivity contribution in [1.29, 1.82) is 0 Å². The number of H-pyrrole nitrogens is 1. The zero-order valence-electron chi connectivity index (χ0n) is 24.8. The summed E-state index contributed by atoms with van der Waals surface area (Å²) < 4.78 is 0. The van der Waals surface area contributed by atoms with Crippen molar-refractivity contribution < 1.29 is 19.2 Å². The van der Waals surface area contributed by atoms with Crippen LogP contribution in [0.15, 0.2) is 54.7 Å². The van der Waals surface area contributed by atoms with Crippen LogP contribution in [0, 0.1) is 0 Å². The number of amides is 5. The number of carbonyl (C=O) groups excluding carboxylic acids is 4. The summed E-state index contributed by atoms with van der Waals surface area (Å²) in [6, 6.07) is 12.7. The molecule has 2 fully saturated rings. The van der Waals surface area contributed by atoms with E-state index in [1.807, 2.05) is 55.4 Å². The van der Waals surface area contributed by atoms with Gasteiger partial charge < -0.3 is 36.1 Å². The number of fused-ring (bicyclic) bond motifs is 1. The van der Waals surface area contributed by atoms with E-state index >= 15 is 0 Å². The van der Waals surface area contributed by atoms with Gasteiger partial charge in [-0.3, -0.25) is 14.4 Å². The lowest BCUT2D eigenvalue weighted by atomic mass is 9.95. The van der Waals surface area contributed by atoms with Crippen molar-refractivity contribution in [2.75, 3.05) is 38.6 Å². The highest BCUT2D eigenvalue weighted by molar-refractivity contribution is 5.97. The molecule has 0 bridgehead atoms. The van der Waals surface area contributed by atoms with Crippen molar-refractivity contribution in [1.82, 2.24) is 25.4 Å². The van der Waals surface area contributed by atoms with Crippen molar-refractivity contribution >= 4 is 40.3 Å².